The molecular formula is C57H59NO11. The molecule has 12 heteroatoms. The predicted octanol–water partition coefficient (Wildman–Crippen LogP) is 8.88. The molecular weight excluding hydrogens is 875 g/mol. The van der Waals surface area contributed by atoms with Crippen molar-refractivity contribution in [1.29, 1.82) is 5.26 Å². The van der Waals surface area contributed by atoms with Gasteiger partial charge in [-0.3, -0.25) is 0 Å². The van der Waals surface area contributed by atoms with Crippen LogP contribution in [0, 0.1) is 11.3 Å². The first-order valence-corrected chi connectivity index (χ1v) is 23.6. The fourth-order valence-corrected chi connectivity index (χ4v) is 8.98. The average molecular weight is 934 g/mol. The van der Waals surface area contributed by atoms with Crippen LogP contribution in [0.5, 0.6) is 0 Å². The van der Waals surface area contributed by atoms with Gasteiger partial charge in [-0.25, -0.2) is 0 Å². The third-order valence-corrected chi connectivity index (χ3v) is 12.5. The number of methoxy groups -OCH3 is 1. The van der Waals surface area contributed by atoms with Gasteiger partial charge in [0.1, 0.15) is 48.8 Å². The SMILES string of the molecule is CO[C@H]1O[C@H](CO[C@@H]2O[C@@H]3CO[C@@H](Cc4ccccc4C#N)O[C@H]3[C@H](OCc3ccccc3)[C@@H]2OCc2ccccc2)[C@@H](OCc2ccccc2)[C@H](OCc2ccccc2)[C@H]1OCc1ccccc1. The van der Waals surface area contributed by atoms with Gasteiger partial charge >= 0.3 is 0 Å². The van der Waals surface area contributed by atoms with Crippen LogP contribution in [0.2, 0.25) is 0 Å². The number of hydrogen-bond acceptors (Lipinski definition) is 12. The van der Waals surface area contributed by atoms with Crippen molar-refractivity contribution in [2.45, 2.75) is 107 Å². The van der Waals surface area contributed by atoms with E-state index in [4.69, 9.17) is 52.1 Å². The van der Waals surface area contributed by atoms with Gasteiger partial charge in [-0.2, -0.15) is 5.26 Å². The van der Waals surface area contributed by atoms with Gasteiger partial charge in [0, 0.05) is 13.5 Å². The quantitative estimate of drug-likeness (QED) is 0.0685. The van der Waals surface area contributed by atoms with Crippen LogP contribution in [0.4, 0.5) is 0 Å². The number of ether oxygens (including phenoxy) is 11. The van der Waals surface area contributed by atoms with Gasteiger partial charge in [0.2, 0.25) is 0 Å². The van der Waals surface area contributed by atoms with Crippen molar-refractivity contribution in [2.24, 2.45) is 0 Å². The monoisotopic (exact) mass is 933 g/mol. The van der Waals surface area contributed by atoms with Crippen LogP contribution >= 0.6 is 0 Å². The van der Waals surface area contributed by atoms with E-state index in [0.29, 0.717) is 25.2 Å². The summed E-state index contributed by atoms with van der Waals surface area (Å²) in [5.41, 5.74) is 6.31. The van der Waals surface area contributed by atoms with Crippen LogP contribution in [-0.4, -0.2) is 88.0 Å². The van der Waals surface area contributed by atoms with Gasteiger partial charge in [0.05, 0.1) is 57.9 Å². The maximum absolute atomic E-state index is 9.87. The molecule has 0 spiro atoms. The van der Waals surface area contributed by atoms with Crippen molar-refractivity contribution in [2.75, 3.05) is 20.3 Å². The Labute approximate surface area is 404 Å². The lowest BCUT2D eigenvalue weighted by Crippen LogP contribution is -2.65. The van der Waals surface area contributed by atoms with Gasteiger partial charge in [-0.15, -0.1) is 0 Å². The molecule has 6 aromatic carbocycles. The summed E-state index contributed by atoms with van der Waals surface area (Å²) in [7, 11) is 1.60. The summed E-state index contributed by atoms with van der Waals surface area (Å²) in [4.78, 5) is 0. The number of fused-ring (bicyclic) bond motifs is 1. The molecule has 0 unspecified atom stereocenters. The minimum atomic E-state index is -0.978. The molecule has 0 bridgehead atoms. The normalized spacial score (nSPS) is 26.7. The molecule has 69 heavy (non-hydrogen) atoms. The Morgan fingerprint density at radius 3 is 1.39 bits per heavy atom. The highest BCUT2D eigenvalue weighted by Gasteiger charge is 2.53. The molecule has 9 rings (SSSR count). The second-order valence-corrected chi connectivity index (χ2v) is 17.3. The Balaban J connectivity index is 1.02. The Kier molecular flexibility index (Phi) is 17.4. The zero-order valence-corrected chi connectivity index (χ0v) is 38.7. The summed E-state index contributed by atoms with van der Waals surface area (Å²) in [5, 5.41) is 9.87. The zero-order chi connectivity index (χ0) is 47.0. The van der Waals surface area contributed by atoms with Crippen molar-refractivity contribution in [1.82, 2.24) is 0 Å². The van der Waals surface area contributed by atoms with Crippen molar-refractivity contribution < 1.29 is 52.1 Å². The van der Waals surface area contributed by atoms with Gasteiger partial charge in [0.15, 0.2) is 18.9 Å². The maximum atomic E-state index is 9.87. The second-order valence-electron chi connectivity index (χ2n) is 17.3. The molecule has 0 saturated carbocycles. The summed E-state index contributed by atoms with van der Waals surface area (Å²) in [6.07, 6.45) is -7.64. The molecule has 12 nitrogen and oxygen atoms in total. The maximum Gasteiger partial charge on any atom is 0.187 e. The molecule has 0 amide bonds. The van der Waals surface area contributed by atoms with Crippen LogP contribution in [0.1, 0.15) is 38.9 Å². The number of nitriles is 1. The molecule has 3 heterocycles. The van der Waals surface area contributed by atoms with Gasteiger partial charge < -0.3 is 52.1 Å². The fraction of sp³-hybridized carbons (Fsp3) is 0.351. The van der Waals surface area contributed by atoms with Crippen molar-refractivity contribution in [3.05, 3.63) is 215 Å². The highest BCUT2D eigenvalue weighted by Crippen LogP contribution is 2.36. The van der Waals surface area contributed by atoms with E-state index in [0.717, 1.165) is 33.4 Å². The van der Waals surface area contributed by atoms with E-state index in [9.17, 15) is 5.26 Å². The molecule has 3 fully saturated rings. The first-order valence-electron chi connectivity index (χ1n) is 23.6. The number of nitrogens with zero attached hydrogens (tertiary/aromatic N) is 1. The Bertz CT molecular complexity index is 2460. The highest BCUT2D eigenvalue weighted by atomic mass is 16.8. The molecule has 11 atom stereocenters. The molecule has 0 N–H and O–H groups in total. The third kappa shape index (κ3) is 13.0. The van der Waals surface area contributed by atoms with E-state index >= 15 is 0 Å². The number of hydrogen-bond donors (Lipinski definition) is 0. The molecule has 3 aliphatic rings. The van der Waals surface area contributed by atoms with E-state index in [2.05, 4.69) is 6.07 Å². The van der Waals surface area contributed by atoms with E-state index in [1.807, 2.05) is 170 Å². The summed E-state index contributed by atoms with van der Waals surface area (Å²) in [5.74, 6) is 0. The van der Waals surface area contributed by atoms with Crippen LogP contribution in [0.25, 0.3) is 0 Å². The largest absolute Gasteiger partial charge is 0.368 e. The van der Waals surface area contributed by atoms with Crippen molar-refractivity contribution >= 4 is 0 Å². The first-order chi connectivity index (χ1) is 34.1. The molecule has 0 radical (unpaired) electrons. The first kappa shape index (κ1) is 48.4. The zero-order valence-electron chi connectivity index (χ0n) is 38.7. The van der Waals surface area contributed by atoms with Crippen LogP contribution in [-0.2, 0) is 91.6 Å². The smallest absolute Gasteiger partial charge is 0.187 e. The Morgan fingerprint density at radius 1 is 0.464 bits per heavy atom. The summed E-state index contributed by atoms with van der Waals surface area (Å²) in [6.45, 7) is 1.56. The lowest BCUT2D eigenvalue weighted by molar-refractivity contribution is -0.377. The fourth-order valence-electron chi connectivity index (χ4n) is 8.98. The van der Waals surface area contributed by atoms with E-state index < -0.39 is 67.7 Å². The van der Waals surface area contributed by atoms with Crippen molar-refractivity contribution in [3.8, 4) is 6.07 Å². The highest BCUT2D eigenvalue weighted by molar-refractivity contribution is 5.37. The number of rotatable bonds is 21. The molecule has 6 aromatic rings. The third-order valence-electron chi connectivity index (χ3n) is 12.5. The summed E-state index contributed by atoms with van der Waals surface area (Å²) >= 11 is 0. The predicted molar refractivity (Wildman–Crippen MR) is 255 cm³/mol. The molecule has 3 saturated heterocycles. The molecule has 3 aliphatic heterocycles. The van der Waals surface area contributed by atoms with Crippen molar-refractivity contribution in [3.63, 3.8) is 0 Å². The minimum Gasteiger partial charge on any atom is -0.368 e. The lowest BCUT2D eigenvalue weighted by Gasteiger charge is -2.49. The Morgan fingerprint density at radius 2 is 0.899 bits per heavy atom. The van der Waals surface area contributed by atoms with Crippen LogP contribution in [0.15, 0.2) is 176 Å². The van der Waals surface area contributed by atoms with Gasteiger partial charge in [-0.05, 0) is 39.4 Å². The lowest BCUT2D eigenvalue weighted by atomic mass is 9.96. The summed E-state index contributed by atoms with van der Waals surface area (Å²) in [6, 6.07) is 59.7. The van der Waals surface area contributed by atoms with Gasteiger partial charge in [-0.1, -0.05) is 170 Å². The van der Waals surface area contributed by atoms with Crippen LogP contribution < -0.4 is 0 Å². The van der Waals surface area contributed by atoms with E-state index in [1.165, 1.54) is 0 Å². The summed E-state index contributed by atoms with van der Waals surface area (Å²) < 4.78 is 74.0. The molecule has 0 aromatic heterocycles. The standard InChI is InChI=1S/C57H59NO11/c1-59-56-54(64-36-43-25-13-5-14-26-43)52(62-34-41-21-9-3-10-22-41)50(61-33-40-19-7-2-8-20-40)47(67-56)39-66-57-55(65-37-44-27-15-6-16-28-44)53(63-35-42-23-11-4-12-24-42)51-48(68-57)38-60-49(69-51)31-45-29-17-18-30-46(45)32-58/h2-30,47-57H,31,33-39H2,1H3/t47-,48-,49-,50-,51-,52+,53+,54-,55+,56+,57-/m1/s1. The minimum absolute atomic E-state index is 0.0101. The van der Waals surface area contributed by atoms with Gasteiger partial charge in [0.25, 0.3) is 0 Å². The molecule has 0 aliphatic carbocycles. The van der Waals surface area contributed by atoms with Crippen LogP contribution in [0.3, 0.4) is 0 Å². The Hall–Kier alpha value is -5.63. The van der Waals surface area contributed by atoms with E-state index in [-0.39, 0.29) is 33.0 Å². The average Bonchev–Trinajstić information content (AvgIpc) is 3.41. The number of benzene rings is 6. The second kappa shape index (κ2) is 24.8. The molecule has 358 valence electrons. The van der Waals surface area contributed by atoms with E-state index in [1.54, 1.807) is 13.2 Å². The topological polar surface area (TPSA) is 125 Å².